The minimum absolute atomic E-state index is 0.0258. The smallest absolute Gasteiger partial charge is 0.221 e. The van der Waals surface area contributed by atoms with Crippen LogP contribution in [-0.2, 0) is 14.3 Å². The van der Waals surface area contributed by atoms with Crippen molar-refractivity contribution < 1.29 is 14.3 Å². The van der Waals surface area contributed by atoms with E-state index >= 15 is 0 Å². The Labute approximate surface area is 108 Å². The Morgan fingerprint density at radius 2 is 2.06 bits per heavy atom. The van der Waals surface area contributed by atoms with Crippen LogP contribution in [0.1, 0.15) is 19.8 Å². The Hall–Kier alpha value is -1.14. The van der Waals surface area contributed by atoms with Crippen molar-refractivity contribution in [3.63, 3.8) is 0 Å². The molecule has 18 heavy (non-hydrogen) atoms. The largest absolute Gasteiger partial charge is 0.379 e. The van der Waals surface area contributed by atoms with Crippen LogP contribution in [0.4, 0.5) is 0 Å². The van der Waals surface area contributed by atoms with Gasteiger partial charge in [-0.1, -0.05) is 6.92 Å². The molecular weight excluding hydrogens is 234 g/mol. The van der Waals surface area contributed by atoms with E-state index < -0.39 is 0 Å². The van der Waals surface area contributed by atoms with Crippen LogP contribution < -0.4 is 11.1 Å². The summed E-state index contributed by atoms with van der Waals surface area (Å²) in [6.45, 7) is 6.45. The highest BCUT2D eigenvalue weighted by Crippen LogP contribution is 2.00. The van der Waals surface area contributed by atoms with E-state index in [2.05, 4.69) is 10.2 Å². The maximum atomic E-state index is 11.6. The molecule has 0 bridgehead atoms. The number of carbonyl (C=O) groups excluding carboxylic acids is 2. The van der Waals surface area contributed by atoms with Gasteiger partial charge in [-0.05, 0) is 5.92 Å². The van der Waals surface area contributed by atoms with Crippen LogP contribution in [0.3, 0.4) is 0 Å². The maximum absolute atomic E-state index is 11.6. The molecule has 1 atom stereocenters. The summed E-state index contributed by atoms with van der Waals surface area (Å²) in [7, 11) is 0. The Morgan fingerprint density at radius 1 is 1.39 bits per heavy atom. The number of hydrogen-bond donors (Lipinski definition) is 2. The molecule has 2 amide bonds. The SMILES string of the molecule is C[C@H](CNC(=O)CCN1CCOCC1)CC(N)=O. The molecule has 0 aliphatic carbocycles. The summed E-state index contributed by atoms with van der Waals surface area (Å²) >= 11 is 0. The normalized spacial score (nSPS) is 18.3. The van der Waals surface area contributed by atoms with Gasteiger partial charge in [-0.2, -0.15) is 0 Å². The van der Waals surface area contributed by atoms with E-state index in [1.807, 2.05) is 6.92 Å². The second-order valence-electron chi connectivity index (χ2n) is 4.78. The first-order chi connectivity index (χ1) is 8.58. The van der Waals surface area contributed by atoms with Gasteiger partial charge in [0.15, 0.2) is 0 Å². The molecule has 0 aromatic rings. The van der Waals surface area contributed by atoms with Crippen LogP contribution in [0.15, 0.2) is 0 Å². The third kappa shape index (κ3) is 6.56. The molecule has 0 saturated carbocycles. The van der Waals surface area contributed by atoms with Crippen LogP contribution in [-0.4, -0.2) is 56.1 Å². The van der Waals surface area contributed by atoms with Crippen LogP contribution in [0.2, 0.25) is 0 Å². The van der Waals surface area contributed by atoms with Gasteiger partial charge in [0.2, 0.25) is 11.8 Å². The highest BCUT2D eigenvalue weighted by atomic mass is 16.5. The molecule has 3 N–H and O–H groups in total. The fraction of sp³-hybridized carbons (Fsp3) is 0.833. The summed E-state index contributed by atoms with van der Waals surface area (Å²) in [4.78, 5) is 24.5. The van der Waals surface area contributed by atoms with Gasteiger partial charge >= 0.3 is 0 Å². The quantitative estimate of drug-likeness (QED) is 0.634. The van der Waals surface area contributed by atoms with E-state index in [1.165, 1.54) is 0 Å². The molecule has 104 valence electrons. The first-order valence-electron chi connectivity index (χ1n) is 6.43. The molecular formula is C12H23N3O3. The monoisotopic (exact) mass is 257 g/mol. The lowest BCUT2D eigenvalue weighted by Gasteiger charge is -2.26. The number of nitrogens with zero attached hydrogens (tertiary/aromatic N) is 1. The topological polar surface area (TPSA) is 84.7 Å². The number of ether oxygens (including phenoxy) is 1. The first-order valence-corrected chi connectivity index (χ1v) is 6.43. The molecule has 1 aliphatic rings. The van der Waals surface area contributed by atoms with Gasteiger partial charge in [0.25, 0.3) is 0 Å². The molecule has 1 heterocycles. The predicted molar refractivity (Wildman–Crippen MR) is 67.9 cm³/mol. The van der Waals surface area contributed by atoms with Crippen molar-refractivity contribution >= 4 is 11.8 Å². The van der Waals surface area contributed by atoms with Crippen molar-refractivity contribution in [3.05, 3.63) is 0 Å². The van der Waals surface area contributed by atoms with Crippen LogP contribution in [0.25, 0.3) is 0 Å². The lowest BCUT2D eigenvalue weighted by Crippen LogP contribution is -2.39. The zero-order valence-corrected chi connectivity index (χ0v) is 11.0. The highest BCUT2D eigenvalue weighted by Gasteiger charge is 2.12. The van der Waals surface area contributed by atoms with Crippen molar-refractivity contribution in [1.29, 1.82) is 0 Å². The Kier molecular flexibility index (Phi) is 6.67. The number of rotatable bonds is 7. The number of nitrogens with one attached hydrogen (secondary N) is 1. The van der Waals surface area contributed by atoms with E-state index in [0.717, 1.165) is 32.8 Å². The van der Waals surface area contributed by atoms with Crippen molar-refractivity contribution in [2.24, 2.45) is 11.7 Å². The van der Waals surface area contributed by atoms with Gasteiger partial charge in [-0.25, -0.2) is 0 Å². The highest BCUT2D eigenvalue weighted by molar-refractivity contribution is 5.76. The summed E-state index contributed by atoms with van der Waals surface area (Å²) in [6.07, 6.45) is 0.799. The fourth-order valence-corrected chi connectivity index (χ4v) is 1.88. The van der Waals surface area contributed by atoms with Crippen LogP contribution in [0.5, 0.6) is 0 Å². The number of morpholine rings is 1. The average molecular weight is 257 g/mol. The molecule has 0 radical (unpaired) electrons. The summed E-state index contributed by atoms with van der Waals surface area (Å²) in [5, 5.41) is 2.82. The zero-order chi connectivity index (χ0) is 13.4. The van der Waals surface area contributed by atoms with Gasteiger partial charge in [0.05, 0.1) is 13.2 Å². The van der Waals surface area contributed by atoms with E-state index in [-0.39, 0.29) is 17.7 Å². The Balaban J connectivity index is 2.07. The number of amides is 2. The van der Waals surface area contributed by atoms with Crippen LogP contribution >= 0.6 is 0 Å². The summed E-state index contributed by atoms with van der Waals surface area (Å²) < 4.78 is 5.24. The van der Waals surface area contributed by atoms with E-state index in [4.69, 9.17) is 10.5 Å². The standard InChI is InChI=1S/C12H23N3O3/c1-10(8-11(13)16)9-14-12(17)2-3-15-4-6-18-7-5-15/h10H,2-9H2,1H3,(H2,13,16)(H,14,17)/t10-/m0/s1. The summed E-state index contributed by atoms with van der Waals surface area (Å²) in [5.74, 6) is -0.210. The predicted octanol–water partition coefficient (Wildman–Crippen LogP) is -0.664. The third-order valence-electron chi connectivity index (χ3n) is 2.96. The molecule has 1 saturated heterocycles. The summed E-state index contributed by atoms with van der Waals surface area (Å²) in [6, 6.07) is 0. The third-order valence-corrected chi connectivity index (χ3v) is 2.96. The second kappa shape index (κ2) is 8.05. The van der Waals surface area contributed by atoms with Crippen molar-refractivity contribution in [3.8, 4) is 0 Å². The minimum Gasteiger partial charge on any atom is -0.379 e. The number of primary amides is 1. The second-order valence-corrected chi connectivity index (χ2v) is 4.78. The molecule has 6 heteroatoms. The fourth-order valence-electron chi connectivity index (χ4n) is 1.88. The number of nitrogens with two attached hydrogens (primary N) is 1. The molecule has 0 unspecified atom stereocenters. The first kappa shape index (κ1) is 14.9. The molecule has 6 nitrogen and oxygen atoms in total. The van der Waals surface area contributed by atoms with Gasteiger partial charge in [0, 0.05) is 39.0 Å². The number of carbonyl (C=O) groups is 2. The average Bonchev–Trinajstić information content (AvgIpc) is 2.34. The van der Waals surface area contributed by atoms with Crippen molar-refractivity contribution in [2.45, 2.75) is 19.8 Å². The molecule has 0 spiro atoms. The van der Waals surface area contributed by atoms with E-state index in [9.17, 15) is 9.59 Å². The lowest BCUT2D eigenvalue weighted by atomic mass is 10.1. The lowest BCUT2D eigenvalue weighted by molar-refractivity contribution is -0.122. The maximum Gasteiger partial charge on any atom is 0.221 e. The van der Waals surface area contributed by atoms with Crippen molar-refractivity contribution in [1.82, 2.24) is 10.2 Å². The van der Waals surface area contributed by atoms with Crippen LogP contribution in [0, 0.1) is 5.92 Å². The molecule has 1 rings (SSSR count). The molecule has 1 fully saturated rings. The van der Waals surface area contributed by atoms with Gasteiger partial charge in [-0.15, -0.1) is 0 Å². The summed E-state index contributed by atoms with van der Waals surface area (Å²) in [5.41, 5.74) is 5.09. The molecule has 0 aromatic heterocycles. The van der Waals surface area contributed by atoms with Gasteiger partial charge in [-0.3, -0.25) is 14.5 Å². The number of hydrogen-bond acceptors (Lipinski definition) is 4. The minimum atomic E-state index is -0.329. The van der Waals surface area contributed by atoms with E-state index in [0.29, 0.717) is 19.4 Å². The Bertz CT molecular complexity index is 278. The van der Waals surface area contributed by atoms with Gasteiger partial charge in [0.1, 0.15) is 0 Å². The molecule has 0 aromatic carbocycles. The van der Waals surface area contributed by atoms with Gasteiger partial charge < -0.3 is 15.8 Å². The van der Waals surface area contributed by atoms with E-state index in [1.54, 1.807) is 0 Å². The van der Waals surface area contributed by atoms with Crippen molar-refractivity contribution in [2.75, 3.05) is 39.4 Å². The Morgan fingerprint density at radius 3 is 2.67 bits per heavy atom. The zero-order valence-electron chi connectivity index (χ0n) is 11.0. The molecule has 1 aliphatic heterocycles.